The van der Waals surface area contributed by atoms with Gasteiger partial charge >= 0.3 is 5.97 Å². The summed E-state index contributed by atoms with van der Waals surface area (Å²) in [6, 6.07) is 7.52. The van der Waals surface area contributed by atoms with Crippen LogP contribution in [0.4, 0.5) is 0 Å². The molecule has 1 spiro atoms. The van der Waals surface area contributed by atoms with Gasteiger partial charge in [0.25, 0.3) is 0 Å². The third-order valence-corrected chi connectivity index (χ3v) is 7.62. The van der Waals surface area contributed by atoms with Crippen LogP contribution in [0.2, 0.25) is 0 Å². The second kappa shape index (κ2) is 9.40. The largest absolute Gasteiger partial charge is 0.497 e. The molecular formula is C27H38O6. The van der Waals surface area contributed by atoms with Crippen molar-refractivity contribution in [3.05, 3.63) is 35.9 Å². The molecular weight excluding hydrogens is 420 g/mol. The van der Waals surface area contributed by atoms with Crippen LogP contribution in [0.15, 0.2) is 30.3 Å². The second-order valence-electron chi connectivity index (χ2n) is 10.5. The molecule has 3 aliphatic rings. The molecule has 3 fully saturated rings. The average molecular weight is 459 g/mol. The molecule has 0 aromatic heterocycles. The van der Waals surface area contributed by atoms with Gasteiger partial charge in [0.1, 0.15) is 29.2 Å². The molecule has 1 unspecified atom stereocenters. The molecule has 4 rings (SSSR count). The van der Waals surface area contributed by atoms with E-state index in [1.807, 2.05) is 24.3 Å². The number of hydrogen-bond donors (Lipinski definition) is 0. The Labute approximate surface area is 197 Å². The molecule has 7 atom stereocenters. The lowest BCUT2D eigenvalue weighted by Crippen LogP contribution is -2.58. The van der Waals surface area contributed by atoms with Crippen molar-refractivity contribution in [1.82, 2.24) is 0 Å². The topological polar surface area (TPSA) is 69.8 Å². The van der Waals surface area contributed by atoms with Crippen molar-refractivity contribution in [2.75, 3.05) is 20.8 Å². The lowest BCUT2D eigenvalue weighted by molar-refractivity contribution is -0.176. The summed E-state index contributed by atoms with van der Waals surface area (Å²) in [7, 11) is 3.33. The summed E-state index contributed by atoms with van der Waals surface area (Å²) in [5, 5.41) is 0. The first-order chi connectivity index (χ1) is 15.7. The van der Waals surface area contributed by atoms with Crippen molar-refractivity contribution >= 4 is 12.0 Å². The van der Waals surface area contributed by atoms with Gasteiger partial charge in [-0.1, -0.05) is 32.9 Å². The molecule has 1 aliphatic carbocycles. The van der Waals surface area contributed by atoms with Crippen LogP contribution in [0.5, 0.6) is 5.75 Å². The minimum atomic E-state index is -0.366. The van der Waals surface area contributed by atoms with E-state index in [0.29, 0.717) is 5.92 Å². The number of carbonyl (C=O) groups is 1. The van der Waals surface area contributed by atoms with E-state index < -0.39 is 0 Å². The molecule has 1 aromatic carbocycles. The van der Waals surface area contributed by atoms with Crippen LogP contribution < -0.4 is 4.74 Å². The van der Waals surface area contributed by atoms with Crippen LogP contribution in [0.25, 0.3) is 6.08 Å². The quantitative estimate of drug-likeness (QED) is 0.305. The zero-order valence-electron chi connectivity index (χ0n) is 20.7. The maximum atomic E-state index is 12.8. The number of esters is 1. The number of methoxy groups -OCH3 is 2. The van der Waals surface area contributed by atoms with Crippen molar-refractivity contribution in [3.8, 4) is 5.75 Å². The SMILES string of the molecule is COc1ccc(/C=C/C(=O)O[C@H]2[C@@H](OC)[C@H](C3(C)O[C@@H]3CCC(C)C)[C@@]3(CO3)C[C@H]2C)cc1. The molecule has 0 bridgehead atoms. The molecule has 33 heavy (non-hydrogen) atoms. The van der Waals surface area contributed by atoms with Gasteiger partial charge in [0.05, 0.1) is 25.7 Å². The Hall–Kier alpha value is -1.89. The van der Waals surface area contributed by atoms with Crippen molar-refractivity contribution in [2.45, 2.75) is 76.5 Å². The van der Waals surface area contributed by atoms with Gasteiger partial charge in [0.2, 0.25) is 0 Å². The van der Waals surface area contributed by atoms with E-state index in [-0.39, 0.29) is 47.3 Å². The summed E-state index contributed by atoms with van der Waals surface area (Å²) in [6.07, 6.45) is 5.81. The number of rotatable bonds is 9. The zero-order valence-corrected chi connectivity index (χ0v) is 20.7. The van der Waals surface area contributed by atoms with Gasteiger partial charge in [0, 0.05) is 13.2 Å². The standard InChI is InChI=1S/C27H38O6/c1-17(2)7-13-21-26(4,33-21)25-24(30-6)23(18(3)15-27(25)16-31-27)32-22(28)14-10-19-8-11-20(29-5)12-9-19/h8-12,14,17-18,21,23-25H,7,13,15-16H2,1-6H3/b14-10+/t18-,21-,23-,24-,25-,26?,27+/m1/s1. The molecule has 0 radical (unpaired) electrons. The maximum Gasteiger partial charge on any atom is 0.331 e. The molecule has 0 amide bonds. The fraction of sp³-hybridized carbons (Fsp3) is 0.667. The first-order valence-corrected chi connectivity index (χ1v) is 12.1. The van der Waals surface area contributed by atoms with Crippen LogP contribution in [-0.2, 0) is 23.7 Å². The number of hydrogen-bond acceptors (Lipinski definition) is 6. The van der Waals surface area contributed by atoms with E-state index in [1.165, 1.54) is 6.08 Å². The smallest absolute Gasteiger partial charge is 0.331 e. The van der Waals surface area contributed by atoms with Gasteiger partial charge < -0.3 is 23.7 Å². The number of carbonyl (C=O) groups excluding carboxylic acids is 1. The first kappa shape index (κ1) is 24.2. The van der Waals surface area contributed by atoms with Crippen molar-refractivity contribution < 1.29 is 28.5 Å². The average Bonchev–Trinajstić information content (AvgIpc) is 3.70. The summed E-state index contributed by atoms with van der Waals surface area (Å²) in [6.45, 7) is 9.48. The summed E-state index contributed by atoms with van der Waals surface area (Å²) in [4.78, 5) is 12.8. The van der Waals surface area contributed by atoms with Crippen LogP contribution in [0.3, 0.4) is 0 Å². The number of ether oxygens (including phenoxy) is 5. The highest BCUT2D eigenvalue weighted by Crippen LogP contribution is 2.60. The fourth-order valence-electron chi connectivity index (χ4n) is 5.72. The molecule has 0 N–H and O–H groups in total. The lowest BCUT2D eigenvalue weighted by Gasteiger charge is -2.45. The minimum Gasteiger partial charge on any atom is -0.497 e. The van der Waals surface area contributed by atoms with Crippen molar-refractivity contribution in [2.24, 2.45) is 17.8 Å². The Morgan fingerprint density at radius 1 is 1.21 bits per heavy atom. The molecule has 6 nitrogen and oxygen atoms in total. The molecule has 182 valence electrons. The normalized spacial score (nSPS) is 37.5. The summed E-state index contributed by atoms with van der Waals surface area (Å²) in [5.74, 6) is 1.21. The molecule has 2 aliphatic heterocycles. The van der Waals surface area contributed by atoms with E-state index in [0.717, 1.165) is 37.2 Å². The molecule has 1 aromatic rings. The second-order valence-corrected chi connectivity index (χ2v) is 10.5. The zero-order chi connectivity index (χ0) is 23.8. The van der Waals surface area contributed by atoms with Gasteiger partial charge in [-0.3, -0.25) is 0 Å². The van der Waals surface area contributed by atoms with E-state index in [9.17, 15) is 4.79 Å². The van der Waals surface area contributed by atoms with Gasteiger partial charge in [-0.2, -0.15) is 0 Å². The third-order valence-electron chi connectivity index (χ3n) is 7.62. The highest BCUT2D eigenvalue weighted by atomic mass is 16.6. The fourth-order valence-corrected chi connectivity index (χ4v) is 5.72. The Balaban J connectivity index is 1.46. The Kier molecular flexibility index (Phi) is 6.90. The van der Waals surface area contributed by atoms with Crippen LogP contribution >= 0.6 is 0 Å². The Morgan fingerprint density at radius 3 is 2.48 bits per heavy atom. The highest BCUT2D eigenvalue weighted by Gasteiger charge is 2.73. The van der Waals surface area contributed by atoms with E-state index in [1.54, 1.807) is 20.3 Å². The van der Waals surface area contributed by atoms with E-state index >= 15 is 0 Å². The summed E-state index contributed by atoms with van der Waals surface area (Å²) in [5.41, 5.74) is 0.363. The van der Waals surface area contributed by atoms with Gasteiger partial charge in [-0.15, -0.1) is 0 Å². The summed E-state index contributed by atoms with van der Waals surface area (Å²) >= 11 is 0. The highest BCUT2D eigenvalue weighted by molar-refractivity contribution is 5.87. The van der Waals surface area contributed by atoms with E-state index in [4.69, 9.17) is 23.7 Å². The summed E-state index contributed by atoms with van der Waals surface area (Å²) < 4.78 is 29.5. The van der Waals surface area contributed by atoms with Crippen LogP contribution in [0, 0.1) is 17.8 Å². The van der Waals surface area contributed by atoms with Gasteiger partial charge in [-0.05, 0) is 61.8 Å². The molecule has 1 saturated carbocycles. The van der Waals surface area contributed by atoms with Gasteiger partial charge in [0.15, 0.2) is 0 Å². The van der Waals surface area contributed by atoms with Crippen molar-refractivity contribution in [1.29, 1.82) is 0 Å². The maximum absolute atomic E-state index is 12.8. The molecule has 6 heteroatoms. The molecule has 2 saturated heterocycles. The number of epoxide rings is 2. The lowest BCUT2D eigenvalue weighted by atomic mass is 9.65. The van der Waals surface area contributed by atoms with Gasteiger partial charge in [-0.25, -0.2) is 4.79 Å². The monoisotopic (exact) mass is 458 g/mol. The predicted octanol–water partition coefficient (Wildman–Crippen LogP) is 4.65. The predicted molar refractivity (Wildman–Crippen MR) is 126 cm³/mol. The first-order valence-electron chi connectivity index (χ1n) is 12.1. The van der Waals surface area contributed by atoms with E-state index in [2.05, 4.69) is 27.7 Å². The van der Waals surface area contributed by atoms with Crippen LogP contribution in [0.1, 0.15) is 52.5 Å². The third kappa shape index (κ3) is 4.98. The van der Waals surface area contributed by atoms with Crippen LogP contribution in [-0.4, -0.2) is 56.3 Å². The van der Waals surface area contributed by atoms with Crippen molar-refractivity contribution in [3.63, 3.8) is 0 Å². The Bertz CT molecular complexity index is 858. The Morgan fingerprint density at radius 2 is 1.91 bits per heavy atom. The molecule has 2 heterocycles. The minimum absolute atomic E-state index is 0.0340. The number of benzene rings is 1.